The summed E-state index contributed by atoms with van der Waals surface area (Å²) >= 11 is 1.24. The Morgan fingerprint density at radius 3 is 2.62 bits per heavy atom. The molecule has 0 bridgehead atoms. The van der Waals surface area contributed by atoms with Crippen LogP contribution in [-0.4, -0.2) is 50.3 Å². The molecule has 0 saturated heterocycles. The van der Waals surface area contributed by atoms with Crippen LogP contribution in [0.15, 0.2) is 52.3 Å². The highest BCUT2D eigenvalue weighted by Gasteiger charge is 2.15. The first-order valence-electron chi connectivity index (χ1n) is 10.6. The zero-order valence-corrected chi connectivity index (χ0v) is 19.3. The van der Waals surface area contributed by atoms with Crippen molar-refractivity contribution in [3.8, 4) is 5.69 Å². The molecular weight excluding hydrogens is 428 g/mol. The highest BCUT2D eigenvalue weighted by Crippen LogP contribution is 2.22. The number of aromatic nitrogens is 3. The van der Waals surface area contributed by atoms with Gasteiger partial charge in [0.15, 0.2) is 10.9 Å². The van der Waals surface area contributed by atoms with Crippen LogP contribution < -0.4 is 10.9 Å². The Morgan fingerprint density at radius 1 is 1.09 bits per heavy atom. The third-order valence-electron chi connectivity index (χ3n) is 4.96. The minimum Gasteiger partial charge on any atom is -0.454 e. The predicted molar refractivity (Wildman–Crippen MR) is 122 cm³/mol. The molecule has 3 rings (SSSR count). The quantitative estimate of drug-likeness (QED) is 0.357. The first kappa shape index (κ1) is 23.6. The van der Waals surface area contributed by atoms with Crippen molar-refractivity contribution in [3.63, 3.8) is 0 Å². The average molecular weight is 457 g/mol. The normalized spacial score (nSPS) is 11.0. The highest BCUT2D eigenvalue weighted by molar-refractivity contribution is 7.99. The van der Waals surface area contributed by atoms with Gasteiger partial charge in [0.1, 0.15) is 12.1 Å². The molecule has 0 unspecified atom stereocenters. The molecule has 3 aromatic rings. The third kappa shape index (κ3) is 5.98. The Morgan fingerprint density at radius 2 is 1.88 bits per heavy atom. The van der Waals surface area contributed by atoms with Gasteiger partial charge in [-0.2, -0.15) is 0 Å². The Kier molecular flexibility index (Phi) is 8.46. The lowest BCUT2D eigenvalue weighted by Crippen LogP contribution is -2.42. The van der Waals surface area contributed by atoms with Crippen LogP contribution >= 0.6 is 11.8 Å². The second kappa shape index (κ2) is 11.5. The van der Waals surface area contributed by atoms with Crippen molar-refractivity contribution in [2.75, 3.05) is 18.8 Å². The molecule has 10 heteroatoms. The fourth-order valence-corrected chi connectivity index (χ4v) is 3.86. The summed E-state index contributed by atoms with van der Waals surface area (Å²) in [5.74, 6) is 0.0489. The van der Waals surface area contributed by atoms with Crippen LogP contribution in [-0.2, 0) is 17.8 Å². The summed E-state index contributed by atoms with van der Waals surface area (Å²) < 4.78 is 7.44. The van der Waals surface area contributed by atoms with Gasteiger partial charge in [-0.3, -0.25) is 29.9 Å². The molecule has 2 aromatic heterocycles. The second-order valence-corrected chi connectivity index (χ2v) is 7.93. The van der Waals surface area contributed by atoms with Gasteiger partial charge < -0.3 is 4.42 Å². The van der Waals surface area contributed by atoms with Crippen LogP contribution in [0, 0.1) is 0 Å². The minimum atomic E-state index is -0.505. The van der Waals surface area contributed by atoms with E-state index in [-0.39, 0.29) is 17.4 Å². The number of carbonyl (C=O) groups excluding carboxylic acids is 2. The molecule has 0 radical (unpaired) electrons. The van der Waals surface area contributed by atoms with Gasteiger partial charge in [0.05, 0.1) is 18.0 Å². The summed E-state index contributed by atoms with van der Waals surface area (Å²) in [6.45, 7) is 8.63. The topological polar surface area (TPSA) is 105 Å². The number of thioether (sulfide) groups is 1. The van der Waals surface area contributed by atoms with E-state index in [4.69, 9.17) is 4.42 Å². The monoisotopic (exact) mass is 456 g/mol. The number of rotatable bonds is 10. The van der Waals surface area contributed by atoms with E-state index < -0.39 is 5.91 Å². The number of hydrogen-bond acceptors (Lipinski definition) is 7. The van der Waals surface area contributed by atoms with Gasteiger partial charge in [-0.1, -0.05) is 50.7 Å². The number of amides is 2. The van der Waals surface area contributed by atoms with Crippen molar-refractivity contribution in [3.05, 3.63) is 59.8 Å². The summed E-state index contributed by atoms with van der Waals surface area (Å²) in [6.07, 6.45) is 2.50. The van der Waals surface area contributed by atoms with Gasteiger partial charge in [-0.25, -0.2) is 0 Å². The van der Waals surface area contributed by atoms with E-state index in [1.54, 1.807) is 18.5 Å². The lowest BCUT2D eigenvalue weighted by molar-refractivity contribution is -0.119. The maximum Gasteiger partial charge on any atom is 0.305 e. The first-order chi connectivity index (χ1) is 15.5. The lowest BCUT2D eigenvalue weighted by Gasteiger charge is -2.15. The number of nitrogens with one attached hydrogen (secondary N) is 2. The summed E-state index contributed by atoms with van der Waals surface area (Å²) in [7, 11) is 0. The van der Waals surface area contributed by atoms with E-state index in [1.807, 2.05) is 28.8 Å². The maximum absolute atomic E-state index is 12.3. The van der Waals surface area contributed by atoms with Crippen LogP contribution in [0.4, 0.5) is 0 Å². The number of carbonyl (C=O) groups is 2. The summed E-state index contributed by atoms with van der Waals surface area (Å²) in [6, 6.07) is 11.3. The number of para-hydroxylation sites is 1. The van der Waals surface area contributed by atoms with Crippen LogP contribution in [0.3, 0.4) is 0 Å². The summed E-state index contributed by atoms with van der Waals surface area (Å²) in [5.41, 5.74) is 6.93. The molecule has 170 valence electrons. The molecular formula is C22H28N6O3S. The number of benzene rings is 1. The molecule has 0 aliphatic rings. The number of hydrazine groups is 1. The molecule has 9 nitrogen and oxygen atoms in total. The Bertz CT molecular complexity index is 1040. The average Bonchev–Trinajstić information content (AvgIpc) is 3.49. The minimum absolute atomic E-state index is 0.0681. The third-order valence-corrected chi connectivity index (χ3v) is 5.90. The van der Waals surface area contributed by atoms with Gasteiger partial charge in [0.25, 0.3) is 0 Å². The predicted octanol–water partition coefficient (Wildman–Crippen LogP) is 2.82. The van der Waals surface area contributed by atoms with Crippen molar-refractivity contribution < 1.29 is 14.0 Å². The number of aryl methyl sites for hydroxylation is 1. The van der Waals surface area contributed by atoms with E-state index in [0.717, 1.165) is 30.8 Å². The van der Waals surface area contributed by atoms with Gasteiger partial charge in [-0.05, 0) is 43.3 Å². The fraction of sp³-hybridized carbons (Fsp3) is 0.364. The first-order valence-corrected chi connectivity index (χ1v) is 11.6. The van der Waals surface area contributed by atoms with Crippen LogP contribution in [0.2, 0.25) is 0 Å². The lowest BCUT2D eigenvalue weighted by atomic mass is 10.1. The largest absolute Gasteiger partial charge is 0.454 e. The fourth-order valence-electron chi connectivity index (χ4n) is 3.14. The van der Waals surface area contributed by atoms with Crippen molar-refractivity contribution in [2.45, 2.75) is 38.9 Å². The van der Waals surface area contributed by atoms with Crippen molar-refractivity contribution in [1.29, 1.82) is 0 Å². The highest BCUT2D eigenvalue weighted by atomic mass is 32.2. The Labute approximate surface area is 191 Å². The van der Waals surface area contributed by atoms with E-state index in [9.17, 15) is 9.59 Å². The Balaban J connectivity index is 1.51. The van der Waals surface area contributed by atoms with Crippen molar-refractivity contribution in [2.24, 2.45) is 0 Å². The summed E-state index contributed by atoms with van der Waals surface area (Å²) in [4.78, 5) is 26.7. The van der Waals surface area contributed by atoms with Crippen LogP contribution in [0.1, 0.15) is 42.6 Å². The standard InChI is InChI=1S/C22H28N6O3S/c1-4-16-9-7-8-10-18(16)28-15-23-26-22(28)32-14-20(29)24-25-21(30)19-12-11-17(31-19)13-27(5-2)6-3/h7-12,15H,4-6,13-14H2,1-3H3,(H,24,29)(H,25,30). The van der Waals surface area contributed by atoms with Gasteiger partial charge in [-0.15, -0.1) is 10.2 Å². The van der Waals surface area contributed by atoms with Gasteiger partial charge in [0, 0.05) is 0 Å². The zero-order chi connectivity index (χ0) is 22.9. The number of hydrogen-bond donors (Lipinski definition) is 2. The second-order valence-electron chi connectivity index (χ2n) is 6.98. The molecule has 0 saturated carbocycles. The van der Waals surface area contributed by atoms with Gasteiger partial charge in [0.2, 0.25) is 5.91 Å². The molecule has 1 aromatic carbocycles. The SMILES string of the molecule is CCc1ccccc1-n1cnnc1SCC(=O)NNC(=O)c1ccc(CN(CC)CC)o1. The van der Waals surface area contributed by atoms with E-state index >= 15 is 0 Å². The molecule has 2 amide bonds. The molecule has 0 spiro atoms. The zero-order valence-electron chi connectivity index (χ0n) is 18.5. The van der Waals surface area contributed by atoms with Crippen molar-refractivity contribution in [1.82, 2.24) is 30.5 Å². The van der Waals surface area contributed by atoms with Crippen LogP contribution in [0.25, 0.3) is 5.69 Å². The van der Waals surface area contributed by atoms with Crippen LogP contribution in [0.5, 0.6) is 0 Å². The molecule has 0 fully saturated rings. The molecule has 0 aliphatic heterocycles. The van der Waals surface area contributed by atoms with Crippen molar-refractivity contribution >= 4 is 23.6 Å². The number of nitrogens with zero attached hydrogens (tertiary/aromatic N) is 4. The van der Waals surface area contributed by atoms with E-state index in [1.165, 1.54) is 11.8 Å². The number of furan rings is 1. The van der Waals surface area contributed by atoms with Gasteiger partial charge >= 0.3 is 5.91 Å². The van der Waals surface area contributed by atoms with E-state index in [2.05, 4.69) is 46.7 Å². The Hall–Kier alpha value is -3.11. The maximum atomic E-state index is 12.3. The molecule has 2 heterocycles. The summed E-state index contributed by atoms with van der Waals surface area (Å²) in [5, 5.41) is 8.68. The molecule has 0 atom stereocenters. The molecule has 32 heavy (non-hydrogen) atoms. The van der Waals surface area contributed by atoms with E-state index in [0.29, 0.717) is 17.5 Å². The molecule has 2 N–H and O–H groups in total. The smallest absolute Gasteiger partial charge is 0.305 e. The molecule has 0 aliphatic carbocycles.